The number of rotatable bonds is 3. The van der Waals surface area contributed by atoms with E-state index in [1.54, 1.807) is 0 Å². The molecule has 1 aromatic rings. The Labute approximate surface area is 152 Å². The first kappa shape index (κ1) is 17.7. The zero-order valence-electron chi connectivity index (χ0n) is 14.9. The van der Waals surface area contributed by atoms with Crippen molar-refractivity contribution in [2.45, 2.75) is 44.6 Å². The summed E-state index contributed by atoms with van der Waals surface area (Å²) in [7, 11) is -3.33. The van der Waals surface area contributed by atoms with Crippen LogP contribution in [-0.4, -0.2) is 59.4 Å². The van der Waals surface area contributed by atoms with Gasteiger partial charge in [0.2, 0.25) is 15.9 Å². The van der Waals surface area contributed by atoms with Gasteiger partial charge in [0.1, 0.15) is 5.82 Å². The first-order valence-corrected chi connectivity index (χ1v) is 11.0. The van der Waals surface area contributed by atoms with Crippen LogP contribution in [0.4, 0.5) is 0 Å². The van der Waals surface area contributed by atoms with E-state index in [1.165, 1.54) is 4.31 Å². The van der Waals surface area contributed by atoms with Gasteiger partial charge in [0.25, 0.3) is 5.56 Å². The van der Waals surface area contributed by atoms with Crippen molar-refractivity contribution in [3.05, 3.63) is 27.4 Å². The minimum atomic E-state index is -3.33. The van der Waals surface area contributed by atoms with E-state index in [4.69, 9.17) is 0 Å². The molecule has 2 aliphatic heterocycles. The number of nitrogens with one attached hydrogen (secondary N) is 1. The number of piperidine rings is 1. The highest BCUT2D eigenvalue weighted by Gasteiger charge is 2.36. The fourth-order valence-electron chi connectivity index (χ4n) is 3.88. The molecule has 4 rings (SSSR count). The summed E-state index contributed by atoms with van der Waals surface area (Å²) < 4.78 is 24.8. The Morgan fingerprint density at radius 1 is 1.23 bits per heavy atom. The maximum absolute atomic E-state index is 12.5. The molecule has 0 unspecified atom stereocenters. The van der Waals surface area contributed by atoms with Gasteiger partial charge < -0.3 is 9.88 Å². The van der Waals surface area contributed by atoms with Crippen molar-refractivity contribution in [2.75, 3.05) is 25.9 Å². The van der Waals surface area contributed by atoms with Gasteiger partial charge in [-0.25, -0.2) is 13.4 Å². The number of likely N-dealkylation sites (tertiary alicyclic amines) is 1. The van der Waals surface area contributed by atoms with E-state index in [-0.39, 0.29) is 29.8 Å². The van der Waals surface area contributed by atoms with E-state index in [2.05, 4.69) is 9.97 Å². The van der Waals surface area contributed by atoms with Crippen LogP contribution < -0.4 is 5.56 Å². The lowest BCUT2D eigenvalue weighted by atomic mass is 9.96. The van der Waals surface area contributed by atoms with Crippen LogP contribution in [0.1, 0.15) is 48.7 Å². The van der Waals surface area contributed by atoms with Crippen molar-refractivity contribution in [1.82, 2.24) is 19.2 Å². The molecule has 0 bridgehead atoms. The van der Waals surface area contributed by atoms with E-state index in [1.807, 2.05) is 4.90 Å². The Balaban J connectivity index is 1.56. The number of hydrogen-bond acceptors (Lipinski definition) is 5. The summed E-state index contributed by atoms with van der Waals surface area (Å²) in [6.45, 7) is 1.81. The summed E-state index contributed by atoms with van der Waals surface area (Å²) in [6.07, 6.45) is 5.38. The summed E-state index contributed by atoms with van der Waals surface area (Å²) >= 11 is 0. The second-order valence-corrected chi connectivity index (χ2v) is 9.60. The Morgan fingerprint density at radius 3 is 2.69 bits per heavy atom. The van der Waals surface area contributed by atoms with Crippen molar-refractivity contribution in [3.63, 3.8) is 0 Å². The lowest BCUT2D eigenvalue weighted by Gasteiger charge is -2.33. The standard InChI is InChI=1S/C17H24N4O4S/c1-26(24,25)21-8-6-14-13(10-21)16(22)19-15(18-14)12-3-2-7-20(9-12)17(23)11-4-5-11/h11-12H,2-10H2,1H3,(H,18,19,22)/t12-/m1/s1. The molecule has 1 aromatic heterocycles. The number of carbonyl (C=O) groups excluding carboxylic acids is 1. The molecule has 9 heteroatoms. The molecule has 3 aliphatic rings. The van der Waals surface area contributed by atoms with Crippen LogP contribution in [0.5, 0.6) is 0 Å². The van der Waals surface area contributed by atoms with Crippen LogP contribution in [0.25, 0.3) is 0 Å². The molecule has 8 nitrogen and oxygen atoms in total. The number of aromatic amines is 1. The van der Waals surface area contributed by atoms with Crippen molar-refractivity contribution >= 4 is 15.9 Å². The molecular formula is C17H24N4O4S. The van der Waals surface area contributed by atoms with Crippen LogP contribution in [0, 0.1) is 5.92 Å². The summed E-state index contributed by atoms with van der Waals surface area (Å²) in [5, 5.41) is 0. The molecule has 26 heavy (non-hydrogen) atoms. The lowest BCUT2D eigenvalue weighted by molar-refractivity contribution is -0.133. The topological polar surface area (TPSA) is 103 Å². The number of amides is 1. The number of carbonyl (C=O) groups is 1. The smallest absolute Gasteiger partial charge is 0.255 e. The first-order valence-electron chi connectivity index (χ1n) is 9.19. The van der Waals surface area contributed by atoms with Gasteiger partial charge in [-0.3, -0.25) is 9.59 Å². The number of hydrogen-bond donors (Lipinski definition) is 1. The normalized spacial score (nSPS) is 24.3. The van der Waals surface area contributed by atoms with Gasteiger partial charge in [0, 0.05) is 44.4 Å². The third-order valence-corrected chi connectivity index (χ3v) is 6.82. The molecule has 1 amide bonds. The fourth-order valence-corrected chi connectivity index (χ4v) is 4.67. The molecule has 0 radical (unpaired) electrons. The SMILES string of the molecule is CS(=O)(=O)N1CCc2nc([C@@H]3CCCN(C(=O)C4CC4)C3)[nH]c(=O)c2C1. The maximum atomic E-state index is 12.5. The molecule has 1 saturated carbocycles. The Hall–Kier alpha value is -1.74. The second-order valence-electron chi connectivity index (χ2n) is 7.62. The Kier molecular flexibility index (Phi) is 4.38. The van der Waals surface area contributed by atoms with Crippen LogP contribution in [-0.2, 0) is 27.8 Å². The Bertz CT molecular complexity index is 891. The zero-order chi connectivity index (χ0) is 18.5. The number of sulfonamides is 1. The van der Waals surface area contributed by atoms with Crippen LogP contribution in [0.3, 0.4) is 0 Å². The van der Waals surface area contributed by atoms with Crippen LogP contribution >= 0.6 is 0 Å². The largest absolute Gasteiger partial charge is 0.342 e. The van der Waals surface area contributed by atoms with Crippen LogP contribution in [0.15, 0.2) is 4.79 Å². The van der Waals surface area contributed by atoms with E-state index >= 15 is 0 Å². The summed E-state index contributed by atoms with van der Waals surface area (Å²) in [6, 6.07) is 0. The summed E-state index contributed by atoms with van der Waals surface area (Å²) in [4.78, 5) is 34.3. The van der Waals surface area contributed by atoms with Crippen molar-refractivity contribution in [2.24, 2.45) is 5.92 Å². The zero-order valence-corrected chi connectivity index (χ0v) is 15.7. The molecule has 0 aromatic carbocycles. The monoisotopic (exact) mass is 380 g/mol. The maximum Gasteiger partial charge on any atom is 0.255 e. The third-order valence-electron chi connectivity index (χ3n) is 5.57. The molecule has 1 saturated heterocycles. The first-order chi connectivity index (χ1) is 12.3. The highest BCUT2D eigenvalue weighted by molar-refractivity contribution is 7.88. The van der Waals surface area contributed by atoms with Gasteiger partial charge in [-0.05, 0) is 25.7 Å². The molecule has 142 valence electrons. The molecule has 1 aliphatic carbocycles. The quantitative estimate of drug-likeness (QED) is 0.807. The highest BCUT2D eigenvalue weighted by atomic mass is 32.2. The van der Waals surface area contributed by atoms with Gasteiger partial charge in [0.05, 0.1) is 17.5 Å². The average Bonchev–Trinajstić information content (AvgIpc) is 3.45. The molecular weight excluding hydrogens is 356 g/mol. The predicted octanol–water partition coefficient (Wildman–Crippen LogP) is 0.204. The fraction of sp³-hybridized carbons (Fsp3) is 0.706. The molecule has 3 heterocycles. The van der Waals surface area contributed by atoms with Gasteiger partial charge in [-0.1, -0.05) is 0 Å². The van der Waals surface area contributed by atoms with Gasteiger partial charge in [0.15, 0.2) is 0 Å². The third kappa shape index (κ3) is 3.42. The number of aromatic nitrogens is 2. The molecule has 1 N–H and O–H groups in total. The van der Waals surface area contributed by atoms with E-state index < -0.39 is 10.0 Å². The minimum absolute atomic E-state index is 0.0392. The van der Waals surface area contributed by atoms with Crippen molar-refractivity contribution in [3.8, 4) is 0 Å². The number of H-pyrrole nitrogens is 1. The minimum Gasteiger partial charge on any atom is -0.342 e. The molecule has 1 atom stereocenters. The van der Waals surface area contributed by atoms with E-state index in [9.17, 15) is 18.0 Å². The Morgan fingerprint density at radius 2 is 2.00 bits per heavy atom. The highest BCUT2D eigenvalue weighted by Crippen LogP contribution is 2.34. The second kappa shape index (κ2) is 6.45. The predicted molar refractivity (Wildman–Crippen MR) is 95.1 cm³/mol. The lowest BCUT2D eigenvalue weighted by Crippen LogP contribution is -2.42. The summed E-state index contributed by atoms with van der Waals surface area (Å²) in [5.74, 6) is 1.11. The van der Waals surface area contributed by atoms with Gasteiger partial charge in [-0.2, -0.15) is 4.31 Å². The average molecular weight is 380 g/mol. The van der Waals surface area contributed by atoms with Crippen LogP contribution in [0.2, 0.25) is 0 Å². The number of fused-ring (bicyclic) bond motifs is 1. The number of nitrogens with zero attached hydrogens (tertiary/aromatic N) is 3. The summed E-state index contributed by atoms with van der Waals surface area (Å²) in [5.41, 5.74) is 0.866. The van der Waals surface area contributed by atoms with E-state index in [0.29, 0.717) is 36.6 Å². The molecule has 2 fully saturated rings. The van der Waals surface area contributed by atoms with Gasteiger partial charge >= 0.3 is 0 Å². The molecule has 0 spiro atoms. The van der Waals surface area contributed by atoms with E-state index in [0.717, 1.165) is 38.5 Å². The van der Waals surface area contributed by atoms with Crippen molar-refractivity contribution in [1.29, 1.82) is 0 Å². The van der Waals surface area contributed by atoms with Gasteiger partial charge in [-0.15, -0.1) is 0 Å². The van der Waals surface area contributed by atoms with Crippen molar-refractivity contribution < 1.29 is 13.2 Å².